The van der Waals surface area contributed by atoms with E-state index in [1.54, 1.807) is 6.07 Å². The lowest BCUT2D eigenvalue weighted by molar-refractivity contribution is 0.0682. The van der Waals surface area contributed by atoms with Gasteiger partial charge in [0.25, 0.3) is 0 Å². The van der Waals surface area contributed by atoms with Crippen LogP contribution in [0, 0.1) is 0 Å². The molecule has 1 unspecified atom stereocenters. The van der Waals surface area contributed by atoms with E-state index in [4.69, 9.17) is 9.47 Å². The van der Waals surface area contributed by atoms with Crippen molar-refractivity contribution in [1.29, 1.82) is 0 Å². The van der Waals surface area contributed by atoms with E-state index < -0.39 is 0 Å². The van der Waals surface area contributed by atoms with Crippen LogP contribution in [0.1, 0.15) is 18.7 Å². The predicted octanol–water partition coefficient (Wildman–Crippen LogP) is 2.61. The van der Waals surface area contributed by atoms with Gasteiger partial charge in [-0.2, -0.15) is 0 Å². The lowest BCUT2D eigenvalue weighted by Crippen LogP contribution is -2.29. The average molecular weight is 367 g/mol. The molecule has 4 rings (SSSR count). The van der Waals surface area contributed by atoms with Crippen molar-refractivity contribution in [3.05, 3.63) is 54.5 Å². The summed E-state index contributed by atoms with van der Waals surface area (Å²) in [6.07, 6.45) is 4.04. The van der Waals surface area contributed by atoms with E-state index in [1.807, 2.05) is 47.0 Å². The Morgan fingerprint density at radius 1 is 1.22 bits per heavy atom. The average Bonchev–Trinajstić information content (AvgIpc) is 3.35. The summed E-state index contributed by atoms with van der Waals surface area (Å²) < 4.78 is 13.2. The quantitative estimate of drug-likeness (QED) is 0.699. The summed E-state index contributed by atoms with van der Waals surface area (Å²) in [4.78, 5) is 12.3. The van der Waals surface area contributed by atoms with E-state index in [2.05, 4.69) is 20.8 Å². The van der Waals surface area contributed by atoms with E-state index in [-0.39, 0.29) is 18.7 Å². The van der Waals surface area contributed by atoms with Crippen molar-refractivity contribution in [3.8, 4) is 5.75 Å². The van der Waals surface area contributed by atoms with Gasteiger partial charge in [0.2, 0.25) is 0 Å². The Hall–Kier alpha value is -3.13. The van der Waals surface area contributed by atoms with Crippen LogP contribution in [0.2, 0.25) is 0 Å². The van der Waals surface area contributed by atoms with Gasteiger partial charge in [0.15, 0.2) is 11.5 Å². The van der Waals surface area contributed by atoms with E-state index >= 15 is 0 Å². The normalized spacial score (nSPS) is 16.4. The molecule has 1 aromatic carbocycles. The second kappa shape index (κ2) is 8.05. The minimum absolute atomic E-state index is 0.119. The molecule has 8 nitrogen and oxygen atoms in total. The van der Waals surface area contributed by atoms with Gasteiger partial charge in [-0.15, -0.1) is 10.2 Å². The van der Waals surface area contributed by atoms with Crippen molar-refractivity contribution in [2.24, 2.45) is 0 Å². The number of benzene rings is 1. The first-order valence-electron chi connectivity index (χ1n) is 8.96. The van der Waals surface area contributed by atoms with E-state index in [0.29, 0.717) is 23.9 Å². The summed E-state index contributed by atoms with van der Waals surface area (Å²) in [7, 11) is 0. The number of fused-ring (bicyclic) bond motifs is 1. The van der Waals surface area contributed by atoms with Crippen molar-refractivity contribution < 1.29 is 14.3 Å². The molecule has 1 aliphatic heterocycles. The Balaban J connectivity index is 1.35. The molecule has 2 aromatic heterocycles. The molecule has 1 atom stereocenters. The molecular weight excluding hydrogens is 346 g/mol. The molecule has 3 aromatic rings. The minimum atomic E-state index is -0.337. The fraction of sp³-hybridized carbons (Fsp3) is 0.316. The molecule has 1 fully saturated rings. The fourth-order valence-electron chi connectivity index (χ4n) is 2.99. The highest BCUT2D eigenvalue weighted by atomic mass is 16.5. The first-order chi connectivity index (χ1) is 13.3. The zero-order valence-electron chi connectivity index (χ0n) is 14.8. The Kier molecular flexibility index (Phi) is 5.15. The fourth-order valence-corrected chi connectivity index (χ4v) is 2.99. The number of nitrogens with one attached hydrogen (secondary N) is 2. The van der Waals surface area contributed by atoms with Gasteiger partial charge in [0.05, 0.1) is 18.3 Å². The molecule has 0 saturated carbocycles. The van der Waals surface area contributed by atoms with E-state index in [1.165, 1.54) is 0 Å². The molecule has 3 heterocycles. The number of hydrogen-bond acceptors (Lipinski definition) is 5. The number of amides is 2. The summed E-state index contributed by atoms with van der Waals surface area (Å²) in [6, 6.07) is 12.7. The molecule has 0 bridgehead atoms. The maximum Gasteiger partial charge on any atom is 0.319 e. The molecule has 0 aliphatic carbocycles. The van der Waals surface area contributed by atoms with Crippen LogP contribution in [0.25, 0.3) is 5.65 Å². The van der Waals surface area contributed by atoms with Gasteiger partial charge < -0.3 is 20.1 Å². The SMILES string of the molecule is O=C(NCc1nnc2ccccn12)Nc1ccccc1OCC1CCCO1. The molecule has 0 radical (unpaired) electrons. The van der Waals surface area contributed by atoms with Gasteiger partial charge in [0, 0.05) is 12.8 Å². The highest BCUT2D eigenvalue weighted by Crippen LogP contribution is 2.25. The molecule has 1 saturated heterocycles. The van der Waals surface area contributed by atoms with Crippen molar-refractivity contribution in [1.82, 2.24) is 19.9 Å². The summed E-state index contributed by atoms with van der Waals surface area (Å²) in [5.74, 6) is 1.28. The predicted molar refractivity (Wildman–Crippen MR) is 99.8 cm³/mol. The third-order valence-corrected chi connectivity index (χ3v) is 4.38. The van der Waals surface area contributed by atoms with Crippen LogP contribution in [0.3, 0.4) is 0 Å². The molecule has 27 heavy (non-hydrogen) atoms. The van der Waals surface area contributed by atoms with Gasteiger partial charge in [-0.3, -0.25) is 4.40 Å². The van der Waals surface area contributed by atoms with Crippen molar-refractivity contribution in [2.75, 3.05) is 18.5 Å². The molecule has 2 amide bonds. The van der Waals surface area contributed by atoms with Crippen LogP contribution in [-0.4, -0.2) is 39.9 Å². The molecule has 0 spiro atoms. The van der Waals surface area contributed by atoms with Crippen LogP contribution in [-0.2, 0) is 11.3 Å². The maximum absolute atomic E-state index is 12.3. The molecular formula is C19H21N5O3. The minimum Gasteiger partial charge on any atom is -0.489 e. The number of pyridine rings is 1. The van der Waals surface area contributed by atoms with E-state index in [0.717, 1.165) is 25.1 Å². The number of ether oxygens (including phenoxy) is 2. The first-order valence-corrected chi connectivity index (χ1v) is 8.96. The zero-order chi connectivity index (χ0) is 18.5. The maximum atomic E-state index is 12.3. The largest absolute Gasteiger partial charge is 0.489 e. The number of rotatable bonds is 6. The van der Waals surface area contributed by atoms with Crippen LogP contribution < -0.4 is 15.4 Å². The zero-order valence-corrected chi connectivity index (χ0v) is 14.8. The van der Waals surface area contributed by atoms with Crippen molar-refractivity contribution in [2.45, 2.75) is 25.5 Å². The topological polar surface area (TPSA) is 89.8 Å². The van der Waals surface area contributed by atoms with Gasteiger partial charge in [0.1, 0.15) is 12.4 Å². The van der Waals surface area contributed by atoms with Crippen molar-refractivity contribution >= 4 is 17.4 Å². The molecule has 2 N–H and O–H groups in total. The monoisotopic (exact) mass is 367 g/mol. The summed E-state index contributed by atoms with van der Waals surface area (Å²) in [5.41, 5.74) is 1.35. The standard InChI is InChI=1S/C19H21N5O3/c25-19(20-12-18-23-22-17-9-3-4-10-24(17)18)21-15-7-1-2-8-16(15)27-13-14-6-5-11-26-14/h1-4,7-10,14H,5-6,11-13H2,(H2,20,21,25). The van der Waals surface area contributed by atoms with Gasteiger partial charge in [-0.25, -0.2) is 4.79 Å². The van der Waals surface area contributed by atoms with Crippen molar-refractivity contribution in [3.63, 3.8) is 0 Å². The second-order valence-corrected chi connectivity index (χ2v) is 6.29. The number of anilines is 1. The highest BCUT2D eigenvalue weighted by molar-refractivity contribution is 5.90. The molecule has 8 heteroatoms. The van der Waals surface area contributed by atoms with Crippen LogP contribution in [0.15, 0.2) is 48.7 Å². The number of hydrogen-bond donors (Lipinski definition) is 2. The Bertz CT molecular complexity index is 920. The number of nitrogens with zero attached hydrogens (tertiary/aromatic N) is 3. The van der Waals surface area contributed by atoms with Gasteiger partial charge in [-0.05, 0) is 37.1 Å². The second-order valence-electron chi connectivity index (χ2n) is 6.29. The number of aromatic nitrogens is 3. The number of carbonyl (C=O) groups excluding carboxylic acids is 1. The Morgan fingerprint density at radius 3 is 3.00 bits per heavy atom. The number of para-hydroxylation sites is 2. The van der Waals surface area contributed by atoms with Gasteiger partial charge in [-0.1, -0.05) is 18.2 Å². The van der Waals surface area contributed by atoms with Gasteiger partial charge >= 0.3 is 6.03 Å². The first kappa shape index (κ1) is 17.3. The smallest absolute Gasteiger partial charge is 0.319 e. The van der Waals surface area contributed by atoms with Crippen LogP contribution >= 0.6 is 0 Å². The third-order valence-electron chi connectivity index (χ3n) is 4.38. The Morgan fingerprint density at radius 2 is 2.11 bits per heavy atom. The summed E-state index contributed by atoms with van der Waals surface area (Å²) in [6.45, 7) is 1.52. The lowest BCUT2D eigenvalue weighted by atomic mass is 10.2. The lowest BCUT2D eigenvalue weighted by Gasteiger charge is -2.15. The molecule has 140 valence electrons. The molecule has 1 aliphatic rings. The summed E-state index contributed by atoms with van der Waals surface area (Å²) in [5, 5.41) is 13.8. The van der Waals surface area contributed by atoms with Crippen LogP contribution in [0.5, 0.6) is 5.75 Å². The van der Waals surface area contributed by atoms with Crippen LogP contribution in [0.4, 0.5) is 10.5 Å². The Labute approximate surface area is 156 Å². The highest BCUT2D eigenvalue weighted by Gasteiger charge is 2.17. The number of urea groups is 1. The van der Waals surface area contributed by atoms with E-state index in [9.17, 15) is 4.79 Å². The summed E-state index contributed by atoms with van der Waals surface area (Å²) >= 11 is 0. The third kappa shape index (κ3) is 4.17. The number of carbonyl (C=O) groups is 1.